The molecule has 1 aromatic carbocycles. The summed E-state index contributed by atoms with van der Waals surface area (Å²) in [6, 6.07) is 5.36. The van der Waals surface area contributed by atoms with Gasteiger partial charge in [-0.3, -0.25) is 9.59 Å². The van der Waals surface area contributed by atoms with Gasteiger partial charge in [0, 0.05) is 15.6 Å². The number of aryl methyl sites for hydroxylation is 3. The normalized spacial score (nSPS) is 11.0. The predicted octanol–water partition coefficient (Wildman–Crippen LogP) is 4.29. The van der Waals surface area contributed by atoms with E-state index in [1.165, 1.54) is 23.1 Å². The highest BCUT2D eigenvalue weighted by Gasteiger charge is 2.13. The highest BCUT2D eigenvalue weighted by molar-refractivity contribution is 7.99. The van der Waals surface area contributed by atoms with E-state index in [1.807, 2.05) is 26.8 Å². The van der Waals surface area contributed by atoms with Crippen molar-refractivity contribution in [3.8, 4) is 0 Å². The Morgan fingerprint density at radius 2 is 2.12 bits per heavy atom. The number of benzene rings is 1. The molecule has 2 N–H and O–H groups in total. The monoisotopic (exact) mass is 393 g/mol. The highest BCUT2D eigenvalue weighted by Crippen LogP contribution is 2.27. The summed E-state index contributed by atoms with van der Waals surface area (Å²) < 4.78 is 0. The first kappa shape index (κ1) is 18.0. The number of anilines is 1. The number of H-pyrrole nitrogens is 1. The number of rotatable bonds is 4. The summed E-state index contributed by atoms with van der Waals surface area (Å²) in [6.07, 6.45) is 0. The van der Waals surface area contributed by atoms with Gasteiger partial charge in [-0.2, -0.15) is 0 Å². The van der Waals surface area contributed by atoms with E-state index in [-0.39, 0.29) is 17.2 Å². The number of fused-ring (bicyclic) bond motifs is 1. The summed E-state index contributed by atoms with van der Waals surface area (Å²) in [5.74, 6) is -0.0466. The molecule has 25 heavy (non-hydrogen) atoms. The van der Waals surface area contributed by atoms with Crippen LogP contribution in [0.1, 0.15) is 16.0 Å². The Bertz CT molecular complexity index is 1030. The van der Waals surface area contributed by atoms with Gasteiger partial charge in [0.2, 0.25) is 5.91 Å². The van der Waals surface area contributed by atoms with Crippen molar-refractivity contribution >= 4 is 56.5 Å². The van der Waals surface area contributed by atoms with Gasteiger partial charge in [-0.1, -0.05) is 29.4 Å². The number of aromatic amines is 1. The average molecular weight is 394 g/mol. The van der Waals surface area contributed by atoms with Crippen molar-refractivity contribution in [1.82, 2.24) is 9.97 Å². The Labute approximate surface area is 157 Å². The van der Waals surface area contributed by atoms with E-state index in [0.717, 1.165) is 16.0 Å². The molecule has 2 aromatic heterocycles. The maximum atomic E-state index is 12.2. The van der Waals surface area contributed by atoms with Crippen molar-refractivity contribution in [2.75, 3.05) is 11.1 Å². The summed E-state index contributed by atoms with van der Waals surface area (Å²) in [4.78, 5) is 33.3. The molecule has 0 bridgehead atoms. The van der Waals surface area contributed by atoms with Crippen molar-refractivity contribution in [3.63, 3.8) is 0 Å². The number of carbonyl (C=O) groups excluding carboxylic acids is 1. The maximum absolute atomic E-state index is 12.2. The summed E-state index contributed by atoms with van der Waals surface area (Å²) in [7, 11) is 0. The zero-order chi connectivity index (χ0) is 18.1. The third-order valence-electron chi connectivity index (χ3n) is 3.81. The van der Waals surface area contributed by atoms with E-state index in [2.05, 4.69) is 15.3 Å². The number of hydrogen-bond acceptors (Lipinski definition) is 5. The van der Waals surface area contributed by atoms with Gasteiger partial charge in [-0.05, 0) is 44.0 Å². The number of thiophene rings is 1. The number of halogens is 1. The number of hydrogen-bond donors (Lipinski definition) is 2. The van der Waals surface area contributed by atoms with Crippen LogP contribution in [0.4, 0.5) is 5.69 Å². The Morgan fingerprint density at radius 3 is 2.84 bits per heavy atom. The molecule has 0 radical (unpaired) electrons. The minimum Gasteiger partial charge on any atom is -0.325 e. The molecule has 8 heteroatoms. The Hall–Kier alpha value is -1.83. The standard InChI is InChI=1S/C17H16ClN3O2S2/c1-8-4-5-11(6-12(8)18)19-13(22)7-24-17-20-15(23)14-9(2)10(3)25-16(14)21-17/h4-6H,7H2,1-3H3,(H,19,22)(H,20,21,23). The lowest BCUT2D eigenvalue weighted by atomic mass is 10.2. The number of nitrogens with one attached hydrogen (secondary N) is 2. The van der Waals surface area contributed by atoms with Crippen LogP contribution in [0.2, 0.25) is 5.02 Å². The lowest BCUT2D eigenvalue weighted by Gasteiger charge is -2.06. The average Bonchev–Trinajstić information content (AvgIpc) is 2.84. The van der Waals surface area contributed by atoms with Gasteiger partial charge in [0.25, 0.3) is 5.56 Å². The molecule has 0 aliphatic heterocycles. The van der Waals surface area contributed by atoms with Gasteiger partial charge in [-0.15, -0.1) is 11.3 Å². The van der Waals surface area contributed by atoms with E-state index in [9.17, 15) is 9.59 Å². The Kier molecular flexibility index (Phi) is 5.17. The van der Waals surface area contributed by atoms with Crippen molar-refractivity contribution in [1.29, 1.82) is 0 Å². The zero-order valence-electron chi connectivity index (χ0n) is 13.9. The third kappa shape index (κ3) is 3.89. The second kappa shape index (κ2) is 7.19. The molecular formula is C17H16ClN3O2S2. The zero-order valence-corrected chi connectivity index (χ0v) is 16.3. The van der Waals surface area contributed by atoms with Crippen LogP contribution < -0.4 is 10.9 Å². The van der Waals surface area contributed by atoms with Crippen molar-refractivity contribution in [2.45, 2.75) is 25.9 Å². The molecule has 0 spiro atoms. The van der Waals surface area contributed by atoms with E-state index in [1.54, 1.807) is 12.1 Å². The molecule has 0 unspecified atom stereocenters. The molecule has 0 saturated carbocycles. The molecule has 0 aliphatic rings. The quantitative estimate of drug-likeness (QED) is 0.512. The van der Waals surface area contributed by atoms with Crippen LogP contribution in [0.25, 0.3) is 10.2 Å². The molecule has 0 fully saturated rings. The van der Waals surface area contributed by atoms with Crippen LogP contribution in [-0.4, -0.2) is 21.6 Å². The summed E-state index contributed by atoms with van der Waals surface area (Å²) >= 11 is 8.73. The topological polar surface area (TPSA) is 74.8 Å². The lowest BCUT2D eigenvalue weighted by Crippen LogP contribution is -2.15. The lowest BCUT2D eigenvalue weighted by molar-refractivity contribution is -0.113. The predicted molar refractivity (Wildman–Crippen MR) is 105 cm³/mol. The number of thioether (sulfide) groups is 1. The second-order valence-corrected chi connectivity index (χ2v) is 8.21. The first-order chi connectivity index (χ1) is 11.8. The van der Waals surface area contributed by atoms with Crippen LogP contribution >= 0.6 is 34.7 Å². The molecule has 2 heterocycles. The van der Waals surface area contributed by atoms with Gasteiger partial charge in [0.1, 0.15) is 4.83 Å². The van der Waals surface area contributed by atoms with Crippen molar-refractivity contribution in [2.24, 2.45) is 0 Å². The number of aromatic nitrogens is 2. The first-order valence-corrected chi connectivity index (χ1v) is 9.72. The largest absolute Gasteiger partial charge is 0.325 e. The van der Waals surface area contributed by atoms with Gasteiger partial charge < -0.3 is 10.3 Å². The van der Waals surface area contributed by atoms with Gasteiger partial charge in [-0.25, -0.2) is 4.98 Å². The fourth-order valence-corrected chi connectivity index (χ4v) is 4.23. The molecule has 0 aliphatic carbocycles. The molecule has 3 aromatic rings. The summed E-state index contributed by atoms with van der Waals surface area (Å²) in [6.45, 7) is 5.78. The van der Waals surface area contributed by atoms with E-state index >= 15 is 0 Å². The van der Waals surface area contributed by atoms with E-state index in [4.69, 9.17) is 11.6 Å². The van der Waals surface area contributed by atoms with Crippen LogP contribution in [0.3, 0.4) is 0 Å². The molecule has 3 rings (SSSR count). The summed E-state index contributed by atoms with van der Waals surface area (Å²) in [5, 5.41) is 4.46. The fraction of sp³-hybridized carbons (Fsp3) is 0.235. The van der Waals surface area contributed by atoms with Crippen LogP contribution in [0, 0.1) is 20.8 Å². The van der Waals surface area contributed by atoms with Gasteiger partial charge >= 0.3 is 0 Å². The molecule has 0 saturated heterocycles. The number of nitrogens with zero attached hydrogens (tertiary/aromatic N) is 1. The van der Waals surface area contributed by atoms with Crippen molar-refractivity contribution < 1.29 is 4.79 Å². The molecule has 130 valence electrons. The highest BCUT2D eigenvalue weighted by atomic mass is 35.5. The van der Waals surface area contributed by atoms with Gasteiger partial charge in [0.15, 0.2) is 5.16 Å². The molecule has 0 atom stereocenters. The number of carbonyl (C=O) groups is 1. The minimum absolute atomic E-state index is 0.142. The Morgan fingerprint density at radius 1 is 1.36 bits per heavy atom. The SMILES string of the molecule is Cc1ccc(NC(=O)CSc2nc3sc(C)c(C)c3c(=O)[nH]2)cc1Cl. The van der Waals surface area contributed by atoms with Crippen LogP contribution in [-0.2, 0) is 4.79 Å². The van der Waals surface area contributed by atoms with Gasteiger partial charge in [0.05, 0.1) is 11.1 Å². The molecular weight excluding hydrogens is 378 g/mol. The maximum Gasteiger partial charge on any atom is 0.260 e. The van der Waals surface area contributed by atoms with Crippen LogP contribution in [0.15, 0.2) is 28.2 Å². The number of amides is 1. The van der Waals surface area contributed by atoms with E-state index in [0.29, 0.717) is 26.1 Å². The third-order valence-corrected chi connectivity index (χ3v) is 6.19. The second-order valence-electron chi connectivity index (χ2n) is 5.64. The smallest absolute Gasteiger partial charge is 0.260 e. The summed E-state index contributed by atoms with van der Waals surface area (Å²) in [5.41, 5.74) is 2.38. The van der Waals surface area contributed by atoms with E-state index < -0.39 is 0 Å². The first-order valence-electron chi connectivity index (χ1n) is 7.54. The fourth-order valence-electron chi connectivity index (χ4n) is 2.30. The Balaban J connectivity index is 1.70. The van der Waals surface area contributed by atoms with Crippen molar-refractivity contribution in [3.05, 3.63) is 49.6 Å². The molecule has 1 amide bonds. The molecule has 5 nitrogen and oxygen atoms in total. The minimum atomic E-state index is -0.189. The van der Waals surface area contributed by atoms with Crippen LogP contribution in [0.5, 0.6) is 0 Å².